The van der Waals surface area contributed by atoms with Gasteiger partial charge in [-0.1, -0.05) is 13.0 Å². The SMILES string of the molecule is C=CCNc1nc(N2CCN(CCO)CC2)nc2c1C(=O)CC(C)C2. The predicted molar refractivity (Wildman–Crippen MR) is 98.3 cm³/mol. The van der Waals surface area contributed by atoms with Crippen LogP contribution in [0.15, 0.2) is 12.7 Å². The Morgan fingerprint density at radius 1 is 1.28 bits per heavy atom. The van der Waals surface area contributed by atoms with E-state index >= 15 is 0 Å². The molecule has 136 valence electrons. The Hall–Kier alpha value is -1.99. The van der Waals surface area contributed by atoms with E-state index in [0.29, 0.717) is 42.8 Å². The Labute approximate surface area is 148 Å². The fraction of sp³-hybridized carbons (Fsp3) is 0.611. The number of β-amino-alcohol motifs (C(OH)–C–C–N with tert-alkyl or cyclic N) is 1. The highest BCUT2D eigenvalue weighted by Crippen LogP contribution is 2.30. The fourth-order valence-electron chi connectivity index (χ4n) is 3.51. The molecule has 0 spiro atoms. The summed E-state index contributed by atoms with van der Waals surface area (Å²) < 4.78 is 0. The molecule has 2 N–H and O–H groups in total. The number of aliphatic hydroxyl groups is 1. The highest BCUT2D eigenvalue weighted by atomic mass is 16.3. The van der Waals surface area contributed by atoms with Crippen molar-refractivity contribution in [1.29, 1.82) is 0 Å². The summed E-state index contributed by atoms with van der Waals surface area (Å²) in [5.74, 6) is 1.77. The minimum absolute atomic E-state index is 0.125. The third-order valence-corrected chi connectivity index (χ3v) is 4.81. The monoisotopic (exact) mass is 345 g/mol. The number of hydrogen-bond donors (Lipinski definition) is 2. The van der Waals surface area contributed by atoms with Gasteiger partial charge in [-0.15, -0.1) is 6.58 Å². The Bertz CT molecular complexity index is 641. The van der Waals surface area contributed by atoms with Gasteiger partial charge in [0.25, 0.3) is 0 Å². The standard InChI is InChI=1S/C18H27N5O2/c1-3-4-19-17-16-14(11-13(2)12-15(16)25)20-18(21-17)23-7-5-22(6-8-23)9-10-24/h3,13,24H,1,4-12H2,2H3,(H,19,20,21). The van der Waals surface area contributed by atoms with E-state index in [4.69, 9.17) is 10.1 Å². The first-order chi connectivity index (χ1) is 12.1. The molecule has 3 rings (SSSR count). The lowest BCUT2D eigenvalue weighted by molar-refractivity contribution is 0.0952. The van der Waals surface area contributed by atoms with Crippen LogP contribution in [0.5, 0.6) is 0 Å². The van der Waals surface area contributed by atoms with E-state index < -0.39 is 0 Å². The molecule has 1 unspecified atom stereocenters. The molecule has 25 heavy (non-hydrogen) atoms. The highest BCUT2D eigenvalue weighted by Gasteiger charge is 2.29. The van der Waals surface area contributed by atoms with E-state index in [1.165, 1.54) is 0 Å². The molecule has 0 amide bonds. The van der Waals surface area contributed by atoms with Gasteiger partial charge < -0.3 is 15.3 Å². The maximum atomic E-state index is 12.5. The maximum Gasteiger partial charge on any atom is 0.227 e. The van der Waals surface area contributed by atoms with Crippen molar-refractivity contribution in [3.63, 3.8) is 0 Å². The topological polar surface area (TPSA) is 81.6 Å². The number of nitrogens with one attached hydrogen (secondary N) is 1. The molecule has 1 aromatic rings. The summed E-state index contributed by atoms with van der Waals surface area (Å²) in [6, 6.07) is 0. The maximum absolute atomic E-state index is 12.5. The number of carbonyl (C=O) groups excluding carboxylic acids is 1. The largest absolute Gasteiger partial charge is 0.395 e. The fourth-order valence-corrected chi connectivity index (χ4v) is 3.51. The Morgan fingerprint density at radius 2 is 2.04 bits per heavy atom. The van der Waals surface area contributed by atoms with Gasteiger partial charge in [-0.2, -0.15) is 4.98 Å². The molecule has 0 aromatic carbocycles. The van der Waals surface area contributed by atoms with E-state index in [9.17, 15) is 4.79 Å². The number of aliphatic hydroxyl groups excluding tert-OH is 1. The summed E-state index contributed by atoms with van der Waals surface area (Å²) in [7, 11) is 0. The van der Waals surface area contributed by atoms with Crippen LogP contribution in [0, 0.1) is 5.92 Å². The predicted octanol–water partition coefficient (Wildman–Crippen LogP) is 0.954. The molecule has 2 aliphatic rings. The quantitative estimate of drug-likeness (QED) is 0.743. The van der Waals surface area contributed by atoms with Crippen LogP contribution in [-0.4, -0.2) is 71.6 Å². The van der Waals surface area contributed by atoms with Crippen molar-refractivity contribution in [2.45, 2.75) is 19.8 Å². The minimum atomic E-state index is 0.125. The van der Waals surface area contributed by atoms with E-state index in [1.807, 2.05) is 0 Å². The number of rotatable bonds is 6. The molecule has 1 fully saturated rings. The van der Waals surface area contributed by atoms with E-state index in [1.54, 1.807) is 6.08 Å². The number of hydrogen-bond acceptors (Lipinski definition) is 7. The molecule has 7 nitrogen and oxygen atoms in total. The summed E-state index contributed by atoms with van der Waals surface area (Å²) in [5.41, 5.74) is 1.51. The smallest absolute Gasteiger partial charge is 0.227 e. The van der Waals surface area contributed by atoms with E-state index in [-0.39, 0.29) is 12.4 Å². The van der Waals surface area contributed by atoms with Gasteiger partial charge in [0.1, 0.15) is 5.82 Å². The number of ketones is 1. The molecule has 0 saturated carbocycles. The zero-order chi connectivity index (χ0) is 17.8. The third kappa shape index (κ3) is 3.99. The van der Waals surface area contributed by atoms with Gasteiger partial charge in [0.15, 0.2) is 5.78 Å². The molecule has 2 heterocycles. The van der Waals surface area contributed by atoms with Crippen LogP contribution < -0.4 is 10.2 Å². The number of piperazine rings is 1. The van der Waals surface area contributed by atoms with Crippen molar-refractivity contribution in [3.8, 4) is 0 Å². The van der Waals surface area contributed by atoms with Crippen LogP contribution in [0.2, 0.25) is 0 Å². The lowest BCUT2D eigenvalue weighted by Crippen LogP contribution is -2.48. The number of carbonyl (C=O) groups is 1. The van der Waals surface area contributed by atoms with Gasteiger partial charge >= 0.3 is 0 Å². The van der Waals surface area contributed by atoms with Crippen LogP contribution in [0.1, 0.15) is 29.4 Å². The lowest BCUT2D eigenvalue weighted by Gasteiger charge is -2.35. The normalized spacial score (nSPS) is 21.1. The first kappa shape index (κ1) is 17.8. The van der Waals surface area contributed by atoms with Crippen LogP contribution in [0.3, 0.4) is 0 Å². The second kappa shape index (κ2) is 7.93. The van der Waals surface area contributed by atoms with Crippen molar-refractivity contribution in [3.05, 3.63) is 23.9 Å². The second-order valence-corrected chi connectivity index (χ2v) is 6.85. The average molecular weight is 345 g/mol. The molecule has 0 bridgehead atoms. The summed E-state index contributed by atoms with van der Waals surface area (Å²) in [5, 5.41) is 12.3. The molecule has 7 heteroatoms. The van der Waals surface area contributed by atoms with Gasteiger partial charge in [-0.05, 0) is 12.3 Å². The van der Waals surface area contributed by atoms with Gasteiger partial charge in [-0.25, -0.2) is 4.98 Å². The van der Waals surface area contributed by atoms with Crippen molar-refractivity contribution in [1.82, 2.24) is 14.9 Å². The zero-order valence-corrected chi connectivity index (χ0v) is 14.9. The van der Waals surface area contributed by atoms with Gasteiger partial charge in [0, 0.05) is 45.7 Å². The van der Waals surface area contributed by atoms with Gasteiger partial charge in [-0.3, -0.25) is 9.69 Å². The van der Waals surface area contributed by atoms with E-state index in [2.05, 4.69) is 33.6 Å². The third-order valence-electron chi connectivity index (χ3n) is 4.81. The summed E-state index contributed by atoms with van der Waals surface area (Å²) in [4.78, 5) is 26.3. The van der Waals surface area contributed by atoms with Crippen molar-refractivity contribution < 1.29 is 9.90 Å². The molecule has 0 radical (unpaired) electrons. The number of nitrogens with zero attached hydrogens (tertiary/aromatic N) is 4. The van der Waals surface area contributed by atoms with Crippen LogP contribution in [-0.2, 0) is 6.42 Å². The van der Waals surface area contributed by atoms with Gasteiger partial charge in [0.05, 0.1) is 17.9 Å². The molecular formula is C18H27N5O2. The number of Topliss-reactive ketones (excluding diaryl/α,β-unsaturated/α-hetero) is 1. The summed E-state index contributed by atoms with van der Waals surface area (Å²) in [6.07, 6.45) is 3.12. The molecule has 1 atom stereocenters. The number of fused-ring (bicyclic) bond motifs is 1. The average Bonchev–Trinajstić information content (AvgIpc) is 2.59. The highest BCUT2D eigenvalue weighted by molar-refractivity contribution is 6.02. The van der Waals surface area contributed by atoms with E-state index in [0.717, 1.165) is 38.3 Å². The number of anilines is 2. The molecule has 1 aliphatic carbocycles. The molecular weight excluding hydrogens is 318 g/mol. The van der Waals surface area contributed by atoms with Crippen molar-refractivity contribution >= 4 is 17.5 Å². The number of aromatic nitrogens is 2. The summed E-state index contributed by atoms with van der Waals surface area (Å²) >= 11 is 0. The summed E-state index contributed by atoms with van der Waals surface area (Å²) in [6.45, 7) is 10.7. The molecule has 1 aliphatic heterocycles. The molecule has 1 saturated heterocycles. The van der Waals surface area contributed by atoms with Gasteiger partial charge in [0.2, 0.25) is 5.95 Å². The first-order valence-corrected chi connectivity index (χ1v) is 8.99. The molecule has 1 aromatic heterocycles. The second-order valence-electron chi connectivity index (χ2n) is 6.85. The van der Waals surface area contributed by atoms with Crippen molar-refractivity contribution in [2.24, 2.45) is 5.92 Å². The Kier molecular flexibility index (Phi) is 5.65. The lowest BCUT2D eigenvalue weighted by atomic mass is 9.87. The van der Waals surface area contributed by atoms with Crippen LogP contribution in [0.25, 0.3) is 0 Å². The van der Waals surface area contributed by atoms with Crippen molar-refractivity contribution in [2.75, 3.05) is 56.1 Å². The van der Waals surface area contributed by atoms with Crippen LogP contribution >= 0.6 is 0 Å². The van der Waals surface area contributed by atoms with Crippen LogP contribution in [0.4, 0.5) is 11.8 Å². The zero-order valence-electron chi connectivity index (χ0n) is 14.9. The first-order valence-electron chi connectivity index (χ1n) is 8.99. The minimum Gasteiger partial charge on any atom is -0.395 e. The Morgan fingerprint density at radius 3 is 2.72 bits per heavy atom. The Balaban J connectivity index is 1.86.